The van der Waals surface area contributed by atoms with Crippen LogP contribution in [0.1, 0.15) is 37.8 Å². The lowest BCUT2D eigenvalue weighted by atomic mass is 10.0. The number of carbonyl (C=O) groups excluding carboxylic acids is 1. The van der Waals surface area contributed by atoms with Crippen molar-refractivity contribution in [3.8, 4) is 5.75 Å². The maximum Gasteiger partial charge on any atom is 0.224 e. The van der Waals surface area contributed by atoms with Gasteiger partial charge >= 0.3 is 0 Å². The predicted molar refractivity (Wildman–Crippen MR) is 151 cm³/mol. The monoisotopic (exact) mass is 529 g/mol. The zero-order chi connectivity index (χ0) is 24.2. The van der Waals surface area contributed by atoms with E-state index in [9.17, 15) is 4.79 Å². The first-order valence-electron chi connectivity index (χ1n) is 11.5. The zero-order valence-electron chi connectivity index (χ0n) is 20.5. The van der Waals surface area contributed by atoms with Gasteiger partial charge in [0.1, 0.15) is 17.7 Å². The van der Waals surface area contributed by atoms with E-state index in [0.717, 1.165) is 53.7 Å². The molecule has 1 fully saturated rings. The molecule has 192 valence electrons. The van der Waals surface area contributed by atoms with Gasteiger partial charge in [0.15, 0.2) is 0 Å². The van der Waals surface area contributed by atoms with Crippen molar-refractivity contribution in [1.82, 2.24) is 4.90 Å². The third kappa shape index (κ3) is 6.89. The number of hydrogen-bond acceptors (Lipinski definition) is 4. The molecule has 0 unspecified atom stereocenters. The molecule has 1 amide bonds. The first-order valence-corrected chi connectivity index (χ1v) is 11.5. The maximum absolute atomic E-state index is 12.5. The molecular weight excluding hydrogens is 497 g/mol. The number of amidine groups is 2. The lowest BCUT2D eigenvalue weighted by molar-refractivity contribution is -0.116. The molecule has 9 heteroatoms. The lowest BCUT2D eigenvalue weighted by Gasteiger charge is -2.32. The SMILES string of the molecule is CC(=N)N1CCC(Oc2ccc(N(Cc3ccc4ccc(C(=N)N)cc4c3)C(C)=O)cc2)CC1.Cl.Cl. The number of hydrogen-bond donors (Lipinski definition) is 3. The van der Waals surface area contributed by atoms with Crippen LogP contribution >= 0.6 is 24.8 Å². The topological polar surface area (TPSA) is 106 Å². The summed E-state index contributed by atoms with van der Waals surface area (Å²) in [6.07, 6.45) is 1.93. The molecule has 3 aromatic rings. The molecule has 0 bridgehead atoms. The van der Waals surface area contributed by atoms with Crippen molar-refractivity contribution in [1.29, 1.82) is 10.8 Å². The van der Waals surface area contributed by atoms with Gasteiger partial charge < -0.3 is 20.3 Å². The Morgan fingerprint density at radius 3 is 2.19 bits per heavy atom. The Morgan fingerprint density at radius 1 is 0.972 bits per heavy atom. The standard InChI is InChI=1S/C27H31N5O2.2ClH/c1-18(28)31-13-11-26(12-14-31)34-25-9-7-24(8-10-25)32(19(2)33)17-20-3-4-21-5-6-22(27(29)30)16-23(21)15-20;;/h3-10,15-16,26,28H,11-14,17H2,1-2H3,(H3,29,30);2*1H. The van der Waals surface area contributed by atoms with Crippen LogP contribution in [0.3, 0.4) is 0 Å². The molecule has 1 aliphatic rings. The van der Waals surface area contributed by atoms with Gasteiger partial charge in [-0.3, -0.25) is 15.6 Å². The summed E-state index contributed by atoms with van der Waals surface area (Å²) in [6, 6.07) is 19.4. The maximum atomic E-state index is 12.5. The largest absolute Gasteiger partial charge is 0.490 e. The Morgan fingerprint density at radius 2 is 1.61 bits per heavy atom. The van der Waals surface area contributed by atoms with Crippen LogP contribution in [0.2, 0.25) is 0 Å². The number of halogens is 2. The van der Waals surface area contributed by atoms with Crippen molar-refractivity contribution in [3.05, 3.63) is 71.8 Å². The number of likely N-dealkylation sites (tertiary alicyclic amines) is 1. The number of ether oxygens (including phenoxy) is 1. The average Bonchev–Trinajstić information content (AvgIpc) is 2.83. The number of nitrogens with one attached hydrogen (secondary N) is 2. The summed E-state index contributed by atoms with van der Waals surface area (Å²) >= 11 is 0. The van der Waals surface area contributed by atoms with Crippen molar-refractivity contribution in [2.75, 3.05) is 18.0 Å². The molecule has 0 saturated carbocycles. The number of anilines is 1. The van der Waals surface area contributed by atoms with E-state index in [-0.39, 0.29) is 42.7 Å². The molecule has 36 heavy (non-hydrogen) atoms. The fourth-order valence-electron chi connectivity index (χ4n) is 4.34. The molecule has 0 radical (unpaired) electrons. The molecule has 4 rings (SSSR count). The summed E-state index contributed by atoms with van der Waals surface area (Å²) < 4.78 is 6.15. The van der Waals surface area contributed by atoms with Crippen LogP contribution in [0, 0.1) is 10.8 Å². The highest BCUT2D eigenvalue weighted by Gasteiger charge is 2.21. The fraction of sp³-hybridized carbons (Fsp3) is 0.296. The minimum atomic E-state index is -0.0411. The Balaban J connectivity index is 0.00000228. The van der Waals surface area contributed by atoms with E-state index >= 15 is 0 Å². The summed E-state index contributed by atoms with van der Waals surface area (Å²) in [6.45, 7) is 5.52. The number of nitrogens with two attached hydrogens (primary N) is 1. The molecule has 1 aliphatic heterocycles. The van der Waals surface area contributed by atoms with Crippen molar-refractivity contribution < 1.29 is 9.53 Å². The first-order chi connectivity index (χ1) is 16.3. The number of rotatable bonds is 6. The highest BCUT2D eigenvalue weighted by molar-refractivity contribution is 5.99. The van der Waals surface area contributed by atoms with E-state index < -0.39 is 0 Å². The summed E-state index contributed by atoms with van der Waals surface area (Å²) in [5, 5.41) is 17.5. The molecule has 0 spiro atoms. The smallest absolute Gasteiger partial charge is 0.224 e. The van der Waals surface area contributed by atoms with Gasteiger partial charge in [-0.25, -0.2) is 0 Å². The number of nitrogen functional groups attached to an aromatic ring is 1. The molecule has 1 saturated heterocycles. The third-order valence-corrected chi connectivity index (χ3v) is 6.30. The zero-order valence-corrected chi connectivity index (χ0v) is 22.1. The van der Waals surface area contributed by atoms with Crippen LogP contribution in [0.5, 0.6) is 5.75 Å². The third-order valence-electron chi connectivity index (χ3n) is 6.30. The van der Waals surface area contributed by atoms with E-state index in [2.05, 4.69) is 4.90 Å². The van der Waals surface area contributed by atoms with E-state index in [1.807, 2.05) is 67.6 Å². The van der Waals surface area contributed by atoms with Gasteiger partial charge in [-0.05, 0) is 59.7 Å². The van der Waals surface area contributed by atoms with Gasteiger partial charge in [0.2, 0.25) is 5.91 Å². The number of carbonyl (C=O) groups is 1. The summed E-state index contributed by atoms with van der Waals surface area (Å²) in [5.74, 6) is 1.40. The minimum absolute atomic E-state index is 0. The van der Waals surface area contributed by atoms with E-state index in [1.165, 1.54) is 0 Å². The first kappa shape index (κ1) is 28.9. The molecule has 0 aromatic heterocycles. The van der Waals surface area contributed by atoms with Gasteiger partial charge in [0.05, 0.1) is 12.4 Å². The Bertz CT molecular complexity index is 1220. The molecule has 1 heterocycles. The molecule has 7 nitrogen and oxygen atoms in total. The lowest BCUT2D eigenvalue weighted by Crippen LogP contribution is -2.40. The van der Waals surface area contributed by atoms with Crippen molar-refractivity contribution in [3.63, 3.8) is 0 Å². The quantitative estimate of drug-likeness (QED) is 0.295. The second-order valence-electron chi connectivity index (χ2n) is 8.80. The Labute approximate surface area is 224 Å². The second kappa shape index (κ2) is 12.6. The normalized spacial score (nSPS) is 13.3. The molecule has 3 aromatic carbocycles. The van der Waals surface area contributed by atoms with Crippen molar-refractivity contribution in [2.45, 2.75) is 39.3 Å². The van der Waals surface area contributed by atoms with Gasteiger partial charge in [0.25, 0.3) is 0 Å². The molecule has 0 aliphatic carbocycles. The van der Waals surface area contributed by atoms with Gasteiger partial charge in [-0.2, -0.15) is 0 Å². The Kier molecular flexibility index (Phi) is 10.1. The number of amides is 1. The van der Waals surface area contributed by atoms with Crippen LogP contribution < -0.4 is 15.4 Å². The van der Waals surface area contributed by atoms with Gasteiger partial charge in [-0.1, -0.05) is 24.3 Å². The molecule has 4 N–H and O–H groups in total. The van der Waals surface area contributed by atoms with Crippen LogP contribution in [-0.2, 0) is 11.3 Å². The fourth-order valence-corrected chi connectivity index (χ4v) is 4.34. The summed E-state index contributed by atoms with van der Waals surface area (Å²) in [5.41, 5.74) is 8.13. The number of fused-ring (bicyclic) bond motifs is 1. The summed E-state index contributed by atoms with van der Waals surface area (Å²) in [4.78, 5) is 16.3. The molecular formula is C27H33Cl2N5O2. The van der Waals surface area contributed by atoms with Crippen LogP contribution in [0.25, 0.3) is 10.8 Å². The van der Waals surface area contributed by atoms with Crippen molar-refractivity contribution >= 4 is 58.9 Å². The van der Waals surface area contributed by atoms with Crippen molar-refractivity contribution in [2.24, 2.45) is 5.73 Å². The second-order valence-corrected chi connectivity index (χ2v) is 8.80. The highest BCUT2D eigenvalue weighted by atomic mass is 35.5. The highest BCUT2D eigenvalue weighted by Crippen LogP contribution is 2.25. The van der Waals surface area contributed by atoms with Crippen LogP contribution in [0.15, 0.2) is 60.7 Å². The average molecular weight is 531 g/mol. The number of benzene rings is 3. The van der Waals surface area contributed by atoms with Gasteiger partial charge in [0, 0.05) is 44.1 Å². The van der Waals surface area contributed by atoms with Crippen LogP contribution in [-0.4, -0.2) is 41.7 Å². The minimum Gasteiger partial charge on any atom is -0.490 e. The van der Waals surface area contributed by atoms with Crippen LogP contribution in [0.4, 0.5) is 5.69 Å². The van der Waals surface area contributed by atoms with Gasteiger partial charge in [-0.15, -0.1) is 24.8 Å². The van der Waals surface area contributed by atoms with E-state index in [1.54, 1.807) is 11.8 Å². The number of piperidine rings is 1. The molecule has 0 atom stereocenters. The Hall–Kier alpha value is -3.29. The summed E-state index contributed by atoms with van der Waals surface area (Å²) in [7, 11) is 0. The van der Waals surface area contributed by atoms with E-state index in [0.29, 0.717) is 17.9 Å². The predicted octanol–water partition coefficient (Wildman–Crippen LogP) is 5.36. The number of nitrogens with zero attached hydrogens (tertiary/aromatic N) is 2. The van der Waals surface area contributed by atoms with E-state index in [4.69, 9.17) is 21.3 Å².